The van der Waals surface area contributed by atoms with E-state index < -0.39 is 0 Å². The summed E-state index contributed by atoms with van der Waals surface area (Å²) in [5, 5.41) is 11.3. The highest BCUT2D eigenvalue weighted by molar-refractivity contribution is 5.85. The average Bonchev–Trinajstić information content (AvgIpc) is 2.81. The maximum atomic E-state index is 11.3. The number of aromatic hydroxyl groups is 1. The number of hydrogen-bond donors (Lipinski definition) is 1. The lowest BCUT2D eigenvalue weighted by molar-refractivity contribution is -0.00505. The highest BCUT2D eigenvalue weighted by Gasteiger charge is 2.57. The topological polar surface area (TPSA) is 45.5 Å². The van der Waals surface area contributed by atoms with Crippen LogP contribution in [0.5, 0.6) is 5.75 Å². The van der Waals surface area contributed by atoms with E-state index in [4.69, 9.17) is 9.98 Å². The summed E-state index contributed by atoms with van der Waals surface area (Å²) in [6.45, 7) is 17.9. The first kappa shape index (κ1) is 24.7. The Hall–Kier alpha value is -2.94. The molecule has 0 radical (unpaired) electrons. The van der Waals surface area contributed by atoms with E-state index in [9.17, 15) is 5.11 Å². The lowest BCUT2D eigenvalue weighted by atomic mass is 9.46. The third kappa shape index (κ3) is 4.07. The molecule has 3 heteroatoms. The van der Waals surface area contributed by atoms with Crippen molar-refractivity contribution in [3.05, 3.63) is 82.5 Å². The van der Waals surface area contributed by atoms with Crippen molar-refractivity contribution in [2.75, 3.05) is 0 Å². The molecule has 3 aromatic rings. The predicted octanol–water partition coefficient (Wildman–Crippen LogP) is 8.35. The van der Waals surface area contributed by atoms with Gasteiger partial charge in [0, 0.05) is 22.9 Å². The third-order valence-electron chi connectivity index (χ3n) is 8.59. The summed E-state index contributed by atoms with van der Waals surface area (Å²) < 4.78 is 0. The molecule has 1 saturated carbocycles. The number of phenols is 1. The van der Waals surface area contributed by atoms with Gasteiger partial charge in [0.15, 0.2) is 0 Å². The number of pyridine rings is 1. The number of benzene rings is 2. The van der Waals surface area contributed by atoms with Crippen LogP contribution in [-0.2, 0) is 10.8 Å². The van der Waals surface area contributed by atoms with Crippen molar-refractivity contribution in [1.82, 2.24) is 4.98 Å². The molecule has 2 aromatic carbocycles. The first-order chi connectivity index (χ1) is 16.8. The van der Waals surface area contributed by atoms with Gasteiger partial charge < -0.3 is 5.11 Å². The third-order valence-corrected chi connectivity index (χ3v) is 8.59. The van der Waals surface area contributed by atoms with E-state index >= 15 is 0 Å². The molecule has 188 valence electrons. The van der Waals surface area contributed by atoms with Gasteiger partial charge in [0.05, 0.1) is 17.4 Å². The maximum Gasteiger partial charge on any atom is 0.128 e. The van der Waals surface area contributed by atoms with Crippen molar-refractivity contribution >= 4 is 6.21 Å². The van der Waals surface area contributed by atoms with Crippen molar-refractivity contribution in [1.29, 1.82) is 0 Å². The second-order valence-electron chi connectivity index (χ2n) is 13.4. The van der Waals surface area contributed by atoms with E-state index in [0.29, 0.717) is 17.6 Å². The van der Waals surface area contributed by atoms with Gasteiger partial charge in [-0.25, -0.2) is 0 Å². The Morgan fingerprint density at radius 2 is 1.64 bits per heavy atom. The van der Waals surface area contributed by atoms with Gasteiger partial charge in [-0.05, 0) is 57.8 Å². The van der Waals surface area contributed by atoms with Crippen LogP contribution in [0, 0.1) is 11.3 Å². The molecule has 0 saturated heterocycles. The summed E-state index contributed by atoms with van der Waals surface area (Å²) >= 11 is 0. The second-order valence-corrected chi connectivity index (χ2v) is 13.4. The lowest BCUT2D eigenvalue weighted by Crippen LogP contribution is -2.50. The summed E-state index contributed by atoms with van der Waals surface area (Å²) in [6.07, 6.45) is 3.06. The largest absolute Gasteiger partial charge is 0.507 e. The van der Waals surface area contributed by atoms with Crippen LogP contribution in [0.25, 0.3) is 11.3 Å². The fourth-order valence-corrected chi connectivity index (χ4v) is 6.10. The normalized spacial score (nSPS) is 22.8. The van der Waals surface area contributed by atoms with Crippen LogP contribution in [-0.4, -0.2) is 16.3 Å². The summed E-state index contributed by atoms with van der Waals surface area (Å²) in [7, 11) is 0. The smallest absolute Gasteiger partial charge is 0.128 e. The van der Waals surface area contributed by atoms with E-state index in [1.807, 2.05) is 12.3 Å². The molecule has 1 heterocycles. The van der Waals surface area contributed by atoms with Crippen LogP contribution in [0.4, 0.5) is 0 Å². The first-order valence-corrected chi connectivity index (χ1v) is 13.3. The Morgan fingerprint density at radius 3 is 2.25 bits per heavy atom. The number of hydrogen-bond acceptors (Lipinski definition) is 3. The molecule has 0 unspecified atom stereocenters. The summed E-state index contributed by atoms with van der Waals surface area (Å²) in [4.78, 5) is 10.4. The van der Waals surface area contributed by atoms with Gasteiger partial charge in [0.25, 0.3) is 0 Å². The van der Waals surface area contributed by atoms with E-state index in [2.05, 4.69) is 104 Å². The minimum absolute atomic E-state index is 0.0144. The molecular formula is C33H40N2O. The zero-order valence-corrected chi connectivity index (χ0v) is 23.1. The van der Waals surface area contributed by atoms with Gasteiger partial charge >= 0.3 is 0 Å². The fraction of sp³-hybridized carbons (Fsp3) is 0.455. The van der Waals surface area contributed by atoms with E-state index in [1.54, 1.807) is 0 Å². The minimum Gasteiger partial charge on any atom is -0.507 e. The van der Waals surface area contributed by atoms with Crippen LogP contribution in [0.15, 0.2) is 59.6 Å². The Kier molecular flexibility index (Phi) is 5.70. The zero-order valence-electron chi connectivity index (χ0n) is 23.1. The van der Waals surface area contributed by atoms with Gasteiger partial charge in [-0.15, -0.1) is 0 Å². The molecule has 0 amide bonds. The standard InChI is InChI=1S/C33H40N2O/c1-31(2,3)22-16-21(30(36)26(17-22)32(4,5)6)19-34-29-25-18-24(33(25,7)8)23-14-15-27(35-28(23)29)20-12-10-9-11-13-20/h9-17,19,24-25,29,36H,18H2,1-8H3/t24-,25+,29+/m1/s1. The van der Waals surface area contributed by atoms with E-state index in [-0.39, 0.29) is 22.3 Å². The van der Waals surface area contributed by atoms with Crippen LogP contribution < -0.4 is 0 Å². The Labute approximate surface area is 216 Å². The molecular weight excluding hydrogens is 440 g/mol. The SMILES string of the molecule is CC(C)(C)c1cc(C=N[C@@H]2c3nc(-c4ccccc4)ccc3[C@H]3C[C@@H]2C3(C)C)c(O)c(C(C)(C)C)c1. The molecule has 3 aliphatic carbocycles. The number of nitrogens with zero attached hydrogens (tertiary/aromatic N) is 2. The van der Waals surface area contributed by atoms with Crippen LogP contribution in [0.3, 0.4) is 0 Å². The van der Waals surface area contributed by atoms with Crippen LogP contribution in [0.1, 0.15) is 102 Å². The number of phenolic OH excluding ortho intramolecular Hbond substituents is 1. The highest BCUT2D eigenvalue weighted by atomic mass is 16.3. The molecule has 2 bridgehead atoms. The van der Waals surface area contributed by atoms with Crippen molar-refractivity contribution in [2.45, 2.75) is 84.6 Å². The van der Waals surface area contributed by atoms with Crippen molar-refractivity contribution < 1.29 is 5.11 Å². The van der Waals surface area contributed by atoms with Crippen LogP contribution in [0.2, 0.25) is 0 Å². The first-order valence-electron chi connectivity index (χ1n) is 13.3. The Bertz CT molecular complexity index is 1320. The zero-order chi connectivity index (χ0) is 26.0. The van der Waals surface area contributed by atoms with Gasteiger partial charge in [-0.2, -0.15) is 0 Å². The number of rotatable bonds is 3. The average molecular weight is 481 g/mol. The van der Waals surface area contributed by atoms with Crippen molar-refractivity contribution in [3.63, 3.8) is 0 Å². The van der Waals surface area contributed by atoms with Crippen LogP contribution >= 0.6 is 0 Å². The summed E-state index contributed by atoms with van der Waals surface area (Å²) in [5.41, 5.74) is 7.56. The predicted molar refractivity (Wildman–Crippen MR) is 150 cm³/mol. The van der Waals surface area contributed by atoms with E-state index in [0.717, 1.165) is 34.5 Å². The van der Waals surface area contributed by atoms with Gasteiger partial charge in [0.2, 0.25) is 0 Å². The molecule has 3 aliphatic rings. The van der Waals surface area contributed by atoms with Crippen molar-refractivity contribution in [3.8, 4) is 17.0 Å². The highest BCUT2D eigenvalue weighted by Crippen LogP contribution is 2.66. The molecule has 6 rings (SSSR count). The fourth-order valence-electron chi connectivity index (χ4n) is 6.10. The minimum atomic E-state index is -0.166. The maximum absolute atomic E-state index is 11.3. The Balaban J connectivity index is 1.61. The molecule has 3 atom stereocenters. The second kappa shape index (κ2) is 8.30. The quantitative estimate of drug-likeness (QED) is 0.383. The molecule has 36 heavy (non-hydrogen) atoms. The van der Waals surface area contributed by atoms with Gasteiger partial charge in [-0.3, -0.25) is 9.98 Å². The lowest BCUT2D eigenvalue weighted by Gasteiger charge is -2.59. The van der Waals surface area contributed by atoms with Gasteiger partial charge in [-0.1, -0.05) is 97.9 Å². The number of aromatic nitrogens is 1. The Morgan fingerprint density at radius 1 is 0.944 bits per heavy atom. The van der Waals surface area contributed by atoms with E-state index in [1.165, 1.54) is 11.1 Å². The molecule has 1 aromatic heterocycles. The molecule has 1 N–H and O–H groups in total. The molecule has 3 nitrogen and oxygen atoms in total. The summed E-state index contributed by atoms with van der Waals surface area (Å²) in [5.74, 6) is 1.32. The van der Waals surface area contributed by atoms with Gasteiger partial charge in [0.1, 0.15) is 5.75 Å². The molecule has 0 spiro atoms. The molecule has 0 aliphatic heterocycles. The van der Waals surface area contributed by atoms with Crippen molar-refractivity contribution in [2.24, 2.45) is 16.3 Å². The number of aliphatic imine (C=N–C) groups is 1. The molecule has 1 fully saturated rings. The monoisotopic (exact) mass is 480 g/mol. The summed E-state index contributed by atoms with van der Waals surface area (Å²) in [6, 6.07) is 19.1.